The van der Waals surface area contributed by atoms with Crippen LogP contribution in [0.2, 0.25) is 0 Å². The summed E-state index contributed by atoms with van der Waals surface area (Å²) >= 11 is 0. The predicted molar refractivity (Wildman–Crippen MR) is 252 cm³/mol. The van der Waals surface area contributed by atoms with Gasteiger partial charge in [-0.2, -0.15) is 0 Å². The molecule has 7 aromatic carbocycles. The summed E-state index contributed by atoms with van der Waals surface area (Å²) in [7, 11) is 0. The van der Waals surface area contributed by atoms with Gasteiger partial charge in [-0.25, -0.2) is 0 Å². The first-order valence-corrected chi connectivity index (χ1v) is 21.5. The van der Waals surface area contributed by atoms with Crippen LogP contribution in [0.3, 0.4) is 0 Å². The van der Waals surface area contributed by atoms with Gasteiger partial charge in [-0.15, -0.1) is 0 Å². The predicted octanol–water partition coefficient (Wildman–Crippen LogP) is 15.1. The molecule has 0 atom stereocenters. The molecule has 0 amide bonds. The normalized spacial score (nSPS) is 16.5. The van der Waals surface area contributed by atoms with Gasteiger partial charge in [0.2, 0.25) is 0 Å². The van der Waals surface area contributed by atoms with Gasteiger partial charge in [0.05, 0.1) is 5.52 Å². The Morgan fingerprint density at radius 3 is 2.20 bits per heavy atom. The quantitative estimate of drug-likeness (QED) is 0.164. The molecule has 4 aliphatic carbocycles. The fourth-order valence-corrected chi connectivity index (χ4v) is 11.2. The lowest BCUT2D eigenvalue weighted by molar-refractivity contribution is 0.545. The first-order valence-electron chi connectivity index (χ1n) is 21.5. The molecule has 0 fully saturated rings. The van der Waals surface area contributed by atoms with Gasteiger partial charge >= 0.3 is 0 Å². The minimum absolute atomic E-state index is 0.186. The van der Waals surface area contributed by atoms with Crippen LogP contribution < -0.4 is 0 Å². The van der Waals surface area contributed by atoms with E-state index in [9.17, 15) is 0 Å². The summed E-state index contributed by atoms with van der Waals surface area (Å²) in [5.74, 6) is 1.13. The second kappa shape index (κ2) is 12.5. The lowest BCUT2D eigenvalue weighted by Crippen LogP contribution is -2.27. The third-order valence-corrected chi connectivity index (χ3v) is 14.1. The summed E-state index contributed by atoms with van der Waals surface area (Å²) in [6, 6.07) is 48.9. The number of aromatic nitrogens is 1. The summed E-state index contributed by atoms with van der Waals surface area (Å²) < 4.78 is 9.10. The molecule has 13 rings (SSSR count). The van der Waals surface area contributed by atoms with E-state index >= 15 is 0 Å². The second-order valence-corrected chi connectivity index (χ2v) is 17.7. The lowest BCUT2D eigenvalue weighted by Gasteiger charge is -2.37. The van der Waals surface area contributed by atoms with E-state index < -0.39 is 0 Å². The highest BCUT2D eigenvalue weighted by Crippen LogP contribution is 2.53. The van der Waals surface area contributed by atoms with Crippen LogP contribution in [-0.4, -0.2) is 4.57 Å². The first-order chi connectivity index (χ1) is 29.5. The third-order valence-electron chi connectivity index (χ3n) is 14.1. The average Bonchev–Trinajstić information content (AvgIpc) is 3.75. The van der Waals surface area contributed by atoms with Crippen molar-refractivity contribution < 1.29 is 4.42 Å². The van der Waals surface area contributed by atoms with Gasteiger partial charge in [-0.1, -0.05) is 123 Å². The van der Waals surface area contributed by atoms with Crippen LogP contribution in [0, 0.1) is 12.1 Å². The Morgan fingerprint density at radius 1 is 0.633 bits per heavy atom. The summed E-state index contributed by atoms with van der Waals surface area (Å²) in [5.41, 5.74) is 17.9. The smallest absolute Gasteiger partial charge is 0.135 e. The van der Waals surface area contributed by atoms with Crippen molar-refractivity contribution in [2.45, 2.75) is 51.4 Å². The van der Waals surface area contributed by atoms with Gasteiger partial charge in [0.25, 0.3) is 0 Å². The van der Waals surface area contributed by atoms with Crippen molar-refractivity contribution in [1.82, 2.24) is 4.57 Å². The summed E-state index contributed by atoms with van der Waals surface area (Å²) in [6.07, 6.45) is 19.3. The highest BCUT2D eigenvalue weighted by molar-refractivity contribution is 6.25. The van der Waals surface area contributed by atoms with Crippen molar-refractivity contribution in [2.24, 2.45) is 0 Å². The molecule has 0 aliphatic heterocycles. The number of allylic oxidation sites excluding steroid dienone is 8. The van der Waals surface area contributed by atoms with Gasteiger partial charge in [-0.05, 0) is 158 Å². The van der Waals surface area contributed by atoms with Gasteiger partial charge < -0.3 is 8.98 Å². The lowest BCUT2D eigenvalue weighted by atomic mass is 9.66. The highest BCUT2D eigenvalue weighted by Gasteiger charge is 2.38. The Kier molecular flexibility index (Phi) is 7.03. The largest absolute Gasteiger partial charge is 0.460 e. The number of benzene rings is 6. The monoisotopic (exact) mass is 767 g/mol. The van der Waals surface area contributed by atoms with E-state index in [-0.39, 0.29) is 5.41 Å². The van der Waals surface area contributed by atoms with Crippen LogP contribution in [0.25, 0.3) is 94.3 Å². The molecule has 2 nitrogen and oxygen atoms in total. The minimum Gasteiger partial charge on any atom is -0.460 e. The summed E-state index contributed by atoms with van der Waals surface area (Å²) in [5, 5.41) is 10.5. The Morgan fingerprint density at radius 2 is 1.40 bits per heavy atom. The maximum Gasteiger partial charge on any atom is 0.135 e. The Labute approximate surface area is 349 Å². The molecule has 0 spiro atoms. The van der Waals surface area contributed by atoms with E-state index in [0.717, 1.165) is 49.0 Å². The van der Waals surface area contributed by atoms with Crippen molar-refractivity contribution in [3.8, 4) is 11.1 Å². The van der Waals surface area contributed by atoms with Crippen LogP contribution in [0.5, 0.6) is 0 Å². The van der Waals surface area contributed by atoms with Crippen LogP contribution in [0.1, 0.15) is 72.4 Å². The number of rotatable bonds is 3. The van der Waals surface area contributed by atoms with Gasteiger partial charge in [0.1, 0.15) is 11.3 Å². The number of nitrogens with zero attached hydrogens (tertiary/aromatic N) is 1. The van der Waals surface area contributed by atoms with Crippen molar-refractivity contribution in [1.29, 1.82) is 0 Å². The minimum atomic E-state index is -0.186. The summed E-state index contributed by atoms with van der Waals surface area (Å²) in [4.78, 5) is 0. The van der Waals surface area contributed by atoms with Gasteiger partial charge in [0.15, 0.2) is 0 Å². The third kappa shape index (κ3) is 4.78. The van der Waals surface area contributed by atoms with E-state index in [0.29, 0.717) is 0 Å². The van der Waals surface area contributed by atoms with Crippen LogP contribution in [0.15, 0.2) is 150 Å². The molecule has 0 saturated carbocycles. The highest BCUT2D eigenvalue weighted by atomic mass is 16.3. The molecule has 0 N–H and O–H groups in total. The molecule has 2 heteroatoms. The molecule has 60 heavy (non-hydrogen) atoms. The van der Waals surface area contributed by atoms with Crippen LogP contribution >= 0.6 is 0 Å². The maximum absolute atomic E-state index is 6.52. The number of aryl methyl sites for hydroxylation is 1. The van der Waals surface area contributed by atoms with E-state index in [1.165, 1.54) is 110 Å². The standard InChI is InChI=1S/C58H41NO/c1-58(2)40-30-39(42-26-29-55-56(57(42)58)48-18-10-11-19-54(48)60-55)20-24-41(34-40)59-52-27-22-36(35-12-4-3-5-13-35)32-50(52)51-33-38(23-28-53(51)59)37-21-25-47-45-16-7-6-14-43(45)44-15-8-9-17-46(44)49(47)31-37/h4,6-10,12-18,20-22,24-27,29,31-34H,11,19,23,28,30H2,1-2H3. The molecule has 0 unspecified atom stereocenters. The zero-order valence-electron chi connectivity index (χ0n) is 33.8. The first kappa shape index (κ1) is 33.8. The average molecular weight is 768 g/mol. The van der Waals surface area contributed by atoms with E-state index in [2.05, 4.69) is 170 Å². The molecule has 2 heterocycles. The van der Waals surface area contributed by atoms with Crippen LogP contribution in [-0.2, 0) is 18.3 Å². The SMILES string of the molecule is CC1(C)C2=CC(n3c4c(c5cc(-c6cc#ccc6)ccc53)C=C(c3ccc5c6ccccc6c6ccccc6c5c3)CC4)=CC=C(C2)c2ccc3oc4c(c3c21)C=CCC4. The Balaban J connectivity index is 1.00. The topological polar surface area (TPSA) is 18.1 Å². The zero-order chi connectivity index (χ0) is 39.7. The van der Waals surface area contributed by atoms with E-state index in [1.807, 2.05) is 12.1 Å². The molecule has 9 aromatic rings. The van der Waals surface area contributed by atoms with Crippen molar-refractivity contribution >= 4 is 83.2 Å². The van der Waals surface area contributed by atoms with E-state index in [4.69, 9.17) is 4.42 Å². The molecule has 0 radical (unpaired) electrons. The molecular weight excluding hydrogens is 727 g/mol. The van der Waals surface area contributed by atoms with Crippen molar-refractivity contribution in [3.05, 3.63) is 197 Å². The van der Waals surface area contributed by atoms with Crippen LogP contribution in [0.4, 0.5) is 0 Å². The van der Waals surface area contributed by atoms with E-state index in [1.54, 1.807) is 0 Å². The molecule has 2 bridgehead atoms. The molecule has 2 aromatic heterocycles. The van der Waals surface area contributed by atoms with Gasteiger partial charge in [0, 0.05) is 45.1 Å². The Bertz CT molecular complexity index is 3480. The zero-order valence-corrected chi connectivity index (χ0v) is 33.8. The number of hydrogen-bond donors (Lipinski definition) is 0. The molecular formula is C58H41NO. The number of hydrogen-bond acceptors (Lipinski definition) is 1. The number of furan rings is 1. The fraction of sp³-hybridized carbons (Fsp3) is 0.138. The maximum atomic E-state index is 6.52. The molecule has 0 saturated heterocycles. The Hall–Kier alpha value is -7.08. The fourth-order valence-electron chi connectivity index (χ4n) is 11.2. The van der Waals surface area contributed by atoms with Gasteiger partial charge in [-0.3, -0.25) is 0 Å². The van der Waals surface area contributed by atoms with Crippen molar-refractivity contribution in [3.63, 3.8) is 0 Å². The summed E-state index contributed by atoms with van der Waals surface area (Å²) in [6.45, 7) is 4.86. The molecule has 284 valence electrons. The second-order valence-electron chi connectivity index (χ2n) is 17.7. The molecule has 4 aliphatic rings. The van der Waals surface area contributed by atoms with Crippen molar-refractivity contribution in [2.75, 3.05) is 0 Å². The number of fused-ring (bicyclic) bond motifs is 17.